The number of aliphatic carboxylic acids is 1. The molecule has 0 spiro atoms. The van der Waals surface area contributed by atoms with Crippen molar-refractivity contribution in [2.75, 3.05) is 13.2 Å². The summed E-state index contributed by atoms with van der Waals surface area (Å²) in [5.41, 5.74) is 2.51. The molecule has 144 valence electrons. The predicted molar refractivity (Wildman–Crippen MR) is 99.4 cm³/mol. The summed E-state index contributed by atoms with van der Waals surface area (Å²) in [4.78, 5) is 11.1. The maximum absolute atomic E-state index is 11.1. The van der Waals surface area contributed by atoms with Crippen molar-refractivity contribution < 1.29 is 29.7 Å². The number of carbonyl (C=O) groups is 1. The third kappa shape index (κ3) is 6.09. The van der Waals surface area contributed by atoms with Gasteiger partial charge in [-0.15, -0.1) is 0 Å². The molecule has 0 bridgehead atoms. The monoisotopic (exact) mass is 373 g/mol. The zero-order chi connectivity index (χ0) is 19.6. The highest BCUT2D eigenvalue weighted by Crippen LogP contribution is 2.16. The molecule has 7 nitrogen and oxygen atoms in total. The molecule has 0 radical (unpaired) electrons. The molecule has 7 heteroatoms. The quantitative estimate of drug-likeness (QED) is 0.335. The molecule has 0 heterocycles. The summed E-state index contributed by atoms with van der Waals surface area (Å²) >= 11 is 0. The van der Waals surface area contributed by atoms with Gasteiger partial charge in [0.05, 0.1) is 6.61 Å². The second-order valence-electron chi connectivity index (χ2n) is 5.82. The van der Waals surface area contributed by atoms with Gasteiger partial charge in [0.1, 0.15) is 18.1 Å². The Balaban J connectivity index is 1.98. The van der Waals surface area contributed by atoms with E-state index in [9.17, 15) is 15.1 Å². The number of aliphatic hydroxyl groups is 1. The Morgan fingerprint density at radius 3 is 2.48 bits per heavy atom. The Morgan fingerprint density at radius 1 is 1.15 bits per heavy atom. The number of aliphatic hydroxyl groups excluding tert-OH is 1. The lowest BCUT2D eigenvalue weighted by Crippen LogP contribution is -2.26. The van der Waals surface area contributed by atoms with E-state index in [1.807, 2.05) is 0 Å². The molecule has 0 aliphatic carbocycles. The van der Waals surface area contributed by atoms with Crippen LogP contribution in [0.2, 0.25) is 0 Å². The highest BCUT2D eigenvalue weighted by molar-refractivity contribution is 6.01. The lowest BCUT2D eigenvalue weighted by Gasteiger charge is -2.13. The first-order chi connectivity index (χ1) is 13.1. The molecule has 1 unspecified atom stereocenters. The maximum Gasteiger partial charge on any atom is 0.333 e. The van der Waals surface area contributed by atoms with E-state index < -0.39 is 12.1 Å². The predicted octanol–water partition coefficient (Wildman–Crippen LogP) is 2.47. The Labute approximate surface area is 157 Å². The summed E-state index contributed by atoms with van der Waals surface area (Å²) in [5.74, 6) is -0.437. The van der Waals surface area contributed by atoms with Gasteiger partial charge in [0.25, 0.3) is 0 Å². The van der Waals surface area contributed by atoms with Crippen LogP contribution < -0.4 is 4.74 Å². The fourth-order valence-electron chi connectivity index (χ4n) is 2.53. The van der Waals surface area contributed by atoms with Crippen LogP contribution in [0, 0.1) is 0 Å². The van der Waals surface area contributed by atoms with Crippen LogP contribution >= 0.6 is 0 Å². The lowest BCUT2D eigenvalue weighted by molar-refractivity contribution is -0.149. The molecule has 0 fully saturated rings. The Hall–Kier alpha value is -2.90. The third-order valence-corrected chi connectivity index (χ3v) is 3.93. The number of benzene rings is 2. The Morgan fingerprint density at radius 2 is 1.89 bits per heavy atom. The van der Waals surface area contributed by atoms with Crippen molar-refractivity contribution in [3.05, 3.63) is 65.2 Å². The number of hydrogen-bond donors (Lipinski definition) is 3. The third-order valence-electron chi connectivity index (χ3n) is 3.93. The highest BCUT2D eigenvalue weighted by atomic mass is 16.5. The Kier molecular flexibility index (Phi) is 7.79. The first-order valence-electron chi connectivity index (χ1n) is 8.54. The van der Waals surface area contributed by atoms with Crippen LogP contribution in [0.5, 0.6) is 5.75 Å². The first-order valence-corrected chi connectivity index (χ1v) is 8.54. The lowest BCUT2D eigenvalue weighted by atomic mass is 10.1. The SMILES string of the molecule is CCOC(Cc1ccc(OC/C(=N\O)c2cccc(CO)c2)cc1)C(=O)O. The molecular weight excluding hydrogens is 350 g/mol. The minimum absolute atomic E-state index is 0.0431. The zero-order valence-corrected chi connectivity index (χ0v) is 15.0. The smallest absolute Gasteiger partial charge is 0.333 e. The minimum atomic E-state index is -0.994. The van der Waals surface area contributed by atoms with E-state index in [0.29, 0.717) is 29.2 Å². The molecule has 27 heavy (non-hydrogen) atoms. The standard InChI is InChI=1S/C20H23NO6/c1-2-26-19(20(23)24)11-14-6-8-17(9-7-14)27-13-18(21-25)16-5-3-4-15(10-16)12-22/h3-10,19,22,25H,2,11-13H2,1H3,(H,23,24)/b21-18+. The van der Waals surface area contributed by atoms with E-state index in [1.165, 1.54) is 0 Å². The van der Waals surface area contributed by atoms with Gasteiger partial charge in [-0.3, -0.25) is 0 Å². The van der Waals surface area contributed by atoms with Gasteiger partial charge in [0, 0.05) is 18.6 Å². The molecule has 2 rings (SSSR count). The molecule has 2 aromatic rings. The van der Waals surface area contributed by atoms with Gasteiger partial charge in [0.15, 0.2) is 6.10 Å². The van der Waals surface area contributed by atoms with Crippen molar-refractivity contribution >= 4 is 11.7 Å². The van der Waals surface area contributed by atoms with Crippen LogP contribution in [-0.4, -0.2) is 46.4 Å². The fourth-order valence-corrected chi connectivity index (χ4v) is 2.53. The van der Waals surface area contributed by atoms with E-state index in [0.717, 1.165) is 5.56 Å². The second-order valence-corrected chi connectivity index (χ2v) is 5.82. The van der Waals surface area contributed by atoms with Crippen LogP contribution in [0.3, 0.4) is 0 Å². The summed E-state index contributed by atoms with van der Waals surface area (Å²) in [6.07, 6.45) is -0.616. The van der Waals surface area contributed by atoms with Crippen molar-refractivity contribution in [2.24, 2.45) is 5.16 Å². The topological polar surface area (TPSA) is 109 Å². The second kappa shape index (κ2) is 10.3. The van der Waals surface area contributed by atoms with E-state index >= 15 is 0 Å². The normalized spacial score (nSPS) is 12.6. The molecular formula is C20H23NO6. The molecule has 0 saturated carbocycles. The van der Waals surface area contributed by atoms with Crippen molar-refractivity contribution in [1.82, 2.24) is 0 Å². The molecule has 0 aliphatic rings. The molecule has 0 saturated heterocycles. The van der Waals surface area contributed by atoms with Gasteiger partial charge in [-0.25, -0.2) is 4.79 Å². The average molecular weight is 373 g/mol. The number of nitrogens with zero attached hydrogens (tertiary/aromatic N) is 1. The van der Waals surface area contributed by atoms with Gasteiger partial charge in [-0.2, -0.15) is 0 Å². The number of carboxylic acid groups (broad SMARTS) is 1. The van der Waals surface area contributed by atoms with Crippen LogP contribution in [-0.2, 0) is 22.6 Å². The highest BCUT2D eigenvalue weighted by Gasteiger charge is 2.17. The number of carboxylic acids is 1. The Bertz CT molecular complexity index is 772. The van der Waals surface area contributed by atoms with Gasteiger partial charge >= 0.3 is 5.97 Å². The van der Waals surface area contributed by atoms with Crippen molar-refractivity contribution in [3.8, 4) is 5.75 Å². The molecule has 3 N–H and O–H groups in total. The molecule has 1 atom stereocenters. The summed E-state index contributed by atoms with van der Waals surface area (Å²) in [7, 11) is 0. The zero-order valence-electron chi connectivity index (χ0n) is 15.0. The van der Waals surface area contributed by atoms with E-state index in [1.54, 1.807) is 55.5 Å². The van der Waals surface area contributed by atoms with E-state index in [-0.39, 0.29) is 19.6 Å². The molecule has 0 aromatic heterocycles. The van der Waals surface area contributed by atoms with Gasteiger partial charge < -0.3 is 24.9 Å². The average Bonchev–Trinajstić information content (AvgIpc) is 2.69. The van der Waals surface area contributed by atoms with Crippen LogP contribution in [0.25, 0.3) is 0 Å². The summed E-state index contributed by atoms with van der Waals surface area (Å²) in [6, 6.07) is 14.0. The maximum atomic E-state index is 11.1. The number of rotatable bonds is 10. The summed E-state index contributed by atoms with van der Waals surface area (Å²) in [6.45, 7) is 2.03. The number of oxime groups is 1. The molecule has 0 aliphatic heterocycles. The van der Waals surface area contributed by atoms with E-state index in [4.69, 9.17) is 14.6 Å². The number of hydrogen-bond acceptors (Lipinski definition) is 6. The summed E-state index contributed by atoms with van der Waals surface area (Å²) in [5, 5.41) is 30.9. The van der Waals surface area contributed by atoms with Crippen molar-refractivity contribution in [2.45, 2.75) is 26.1 Å². The molecule has 2 aromatic carbocycles. The van der Waals surface area contributed by atoms with Crippen LogP contribution in [0.4, 0.5) is 0 Å². The minimum Gasteiger partial charge on any atom is -0.487 e. The first kappa shape index (κ1) is 20.4. The van der Waals surface area contributed by atoms with Gasteiger partial charge in [0.2, 0.25) is 0 Å². The van der Waals surface area contributed by atoms with E-state index in [2.05, 4.69) is 5.16 Å². The van der Waals surface area contributed by atoms with Crippen molar-refractivity contribution in [3.63, 3.8) is 0 Å². The van der Waals surface area contributed by atoms with Crippen LogP contribution in [0.1, 0.15) is 23.6 Å². The number of ether oxygens (including phenoxy) is 2. The van der Waals surface area contributed by atoms with Crippen LogP contribution in [0.15, 0.2) is 53.7 Å². The largest absolute Gasteiger partial charge is 0.487 e. The molecule has 0 amide bonds. The van der Waals surface area contributed by atoms with Gasteiger partial charge in [-0.1, -0.05) is 35.5 Å². The van der Waals surface area contributed by atoms with Crippen molar-refractivity contribution in [1.29, 1.82) is 0 Å². The summed E-state index contributed by atoms with van der Waals surface area (Å²) < 4.78 is 10.8. The van der Waals surface area contributed by atoms with Gasteiger partial charge in [-0.05, 0) is 36.2 Å². The fraction of sp³-hybridized carbons (Fsp3) is 0.300.